The highest BCUT2D eigenvalue weighted by atomic mass is 16.7. The van der Waals surface area contributed by atoms with Gasteiger partial charge in [-0.1, -0.05) is 117 Å². The predicted octanol–water partition coefficient (Wildman–Crippen LogP) is 5.48. The number of hydrogen-bond donors (Lipinski definition) is 4. The molecular formula is C28H56O6. The number of aliphatic hydroxyl groups excluding tert-OH is 4. The van der Waals surface area contributed by atoms with Gasteiger partial charge < -0.3 is 29.9 Å². The maximum Gasteiger partial charge on any atom is 0.186 e. The van der Waals surface area contributed by atoms with E-state index in [1.807, 2.05) is 0 Å². The zero-order valence-corrected chi connectivity index (χ0v) is 22.2. The summed E-state index contributed by atoms with van der Waals surface area (Å²) < 4.78 is 11.4. The Bertz CT molecular complexity index is 447. The molecule has 4 N–H and O–H groups in total. The minimum atomic E-state index is -1.38. The molecule has 204 valence electrons. The van der Waals surface area contributed by atoms with E-state index in [4.69, 9.17) is 9.47 Å². The van der Waals surface area contributed by atoms with Gasteiger partial charge in [0.05, 0.1) is 13.2 Å². The first-order valence-electron chi connectivity index (χ1n) is 14.5. The van der Waals surface area contributed by atoms with Gasteiger partial charge in [-0.25, -0.2) is 0 Å². The topological polar surface area (TPSA) is 99.4 Å². The quantitative estimate of drug-likeness (QED) is 0.151. The predicted molar refractivity (Wildman–Crippen MR) is 138 cm³/mol. The number of ether oxygens (including phenoxy) is 2. The highest BCUT2D eigenvalue weighted by molar-refractivity contribution is 4.89. The maximum atomic E-state index is 10.3. The zero-order valence-electron chi connectivity index (χ0n) is 22.2. The Hall–Kier alpha value is -0.240. The standard InChI is InChI=1S/C28H56O6/c1-3-5-7-9-11-12-13-14-16-18-20-23(19-17-15-10-8-6-4-2)22-33-28-27(32)26(31)25(30)24(21-29)34-28/h23-32H,3-22H2,1-2H3/t23?,24-,25-,26+,27+,28?/m1/s1. The zero-order chi connectivity index (χ0) is 25.0. The molecule has 0 radical (unpaired) electrons. The molecule has 2 unspecified atom stereocenters. The van der Waals surface area contributed by atoms with Crippen LogP contribution in [0.1, 0.15) is 129 Å². The second-order valence-corrected chi connectivity index (χ2v) is 10.4. The molecule has 1 saturated heterocycles. The smallest absolute Gasteiger partial charge is 0.186 e. The fourth-order valence-corrected chi connectivity index (χ4v) is 4.88. The minimum Gasteiger partial charge on any atom is -0.394 e. The van der Waals surface area contributed by atoms with E-state index in [-0.39, 0.29) is 0 Å². The molecule has 34 heavy (non-hydrogen) atoms. The number of hydrogen-bond acceptors (Lipinski definition) is 6. The summed E-state index contributed by atoms with van der Waals surface area (Å²) in [5.41, 5.74) is 0. The van der Waals surface area contributed by atoms with Crippen molar-refractivity contribution < 1.29 is 29.9 Å². The van der Waals surface area contributed by atoms with Crippen LogP contribution in [0, 0.1) is 5.92 Å². The SMILES string of the molecule is CCCCCCCCCCCCC(CCCCCCCC)COC1O[C@H](CO)[C@@H](O)[C@H](O)[C@@H]1O. The van der Waals surface area contributed by atoms with Gasteiger partial charge in [0.2, 0.25) is 0 Å². The third-order valence-electron chi connectivity index (χ3n) is 7.28. The van der Waals surface area contributed by atoms with Gasteiger partial charge in [-0.3, -0.25) is 0 Å². The first kappa shape index (κ1) is 31.8. The summed E-state index contributed by atoms with van der Waals surface area (Å²) in [5, 5.41) is 39.6. The fraction of sp³-hybridized carbons (Fsp3) is 1.00. The Morgan fingerprint density at radius 1 is 0.618 bits per heavy atom. The van der Waals surface area contributed by atoms with Crippen LogP contribution in [0.25, 0.3) is 0 Å². The molecule has 0 aliphatic carbocycles. The molecule has 1 aliphatic rings. The van der Waals surface area contributed by atoms with Crippen LogP contribution in [-0.2, 0) is 9.47 Å². The van der Waals surface area contributed by atoms with Gasteiger partial charge in [-0.15, -0.1) is 0 Å². The molecule has 6 nitrogen and oxygen atoms in total. The summed E-state index contributed by atoms with van der Waals surface area (Å²) in [7, 11) is 0. The van der Waals surface area contributed by atoms with Gasteiger partial charge in [-0.05, 0) is 18.8 Å². The average molecular weight is 489 g/mol. The highest BCUT2D eigenvalue weighted by Crippen LogP contribution is 2.25. The van der Waals surface area contributed by atoms with Gasteiger partial charge in [0.15, 0.2) is 6.29 Å². The summed E-state index contributed by atoms with van der Waals surface area (Å²) >= 11 is 0. The molecule has 1 rings (SSSR count). The van der Waals surface area contributed by atoms with Crippen molar-refractivity contribution in [1.29, 1.82) is 0 Å². The van der Waals surface area contributed by atoms with Gasteiger partial charge in [0.1, 0.15) is 24.4 Å². The molecule has 0 aromatic carbocycles. The van der Waals surface area contributed by atoms with Crippen LogP contribution in [0.2, 0.25) is 0 Å². The first-order valence-corrected chi connectivity index (χ1v) is 14.5. The van der Waals surface area contributed by atoms with Crippen molar-refractivity contribution in [2.75, 3.05) is 13.2 Å². The molecule has 1 heterocycles. The van der Waals surface area contributed by atoms with Crippen molar-refractivity contribution in [1.82, 2.24) is 0 Å². The molecule has 0 aromatic rings. The summed E-state index contributed by atoms with van der Waals surface area (Å²) in [6, 6.07) is 0. The van der Waals surface area contributed by atoms with E-state index in [0.29, 0.717) is 12.5 Å². The van der Waals surface area contributed by atoms with Crippen molar-refractivity contribution in [3.05, 3.63) is 0 Å². The molecule has 0 saturated carbocycles. The average Bonchev–Trinajstić information content (AvgIpc) is 2.84. The summed E-state index contributed by atoms with van der Waals surface area (Å²) in [4.78, 5) is 0. The van der Waals surface area contributed by atoms with Gasteiger partial charge >= 0.3 is 0 Å². The van der Waals surface area contributed by atoms with Crippen LogP contribution < -0.4 is 0 Å². The van der Waals surface area contributed by atoms with Crippen LogP contribution in [0.5, 0.6) is 0 Å². The lowest BCUT2D eigenvalue weighted by atomic mass is 9.94. The van der Waals surface area contributed by atoms with Crippen LogP contribution in [0.15, 0.2) is 0 Å². The molecule has 6 heteroatoms. The van der Waals surface area contributed by atoms with Crippen LogP contribution >= 0.6 is 0 Å². The van der Waals surface area contributed by atoms with E-state index in [1.165, 1.54) is 103 Å². The summed E-state index contributed by atoms with van der Waals surface area (Å²) in [6.07, 6.45) is 17.0. The van der Waals surface area contributed by atoms with E-state index >= 15 is 0 Å². The largest absolute Gasteiger partial charge is 0.394 e. The minimum absolute atomic E-state index is 0.396. The van der Waals surface area contributed by atoms with Crippen LogP contribution in [0.3, 0.4) is 0 Å². The number of aliphatic hydroxyl groups is 4. The Labute approximate surface area is 209 Å². The van der Waals surface area contributed by atoms with Crippen molar-refractivity contribution in [3.63, 3.8) is 0 Å². The van der Waals surface area contributed by atoms with E-state index in [2.05, 4.69) is 13.8 Å². The Kier molecular flexibility index (Phi) is 19.5. The van der Waals surface area contributed by atoms with Crippen LogP contribution in [0.4, 0.5) is 0 Å². The second kappa shape index (κ2) is 20.9. The first-order chi connectivity index (χ1) is 16.5. The Morgan fingerprint density at radius 2 is 1.06 bits per heavy atom. The van der Waals surface area contributed by atoms with Crippen molar-refractivity contribution in [3.8, 4) is 0 Å². The third kappa shape index (κ3) is 13.7. The number of rotatable bonds is 22. The molecule has 0 bridgehead atoms. The second-order valence-electron chi connectivity index (χ2n) is 10.4. The molecule has 0 aromatic heterocycles. The Morgan fingerprint density at radius 3 is 1.50 bits per heavy atom. The molecule has 6 atom stereocenters. The summed E-state index contributed by atoms with van der Waals surface area (Å²) in [5.74, 6) is 0.396. The van der Waals surface area contributed by atoms with Gasteiger partial charge in [0.25, 0.3) is 0 Å². The molecule has 0 amide bonds. The van der Waals surface area contributed by atoms with E-state index in [0.717, 1.165) is 12.8 Å². The lowest BCUT2D eigenvalue weighted by Crippen LogP contribution is -2.59. The van der Waals surface area contributed by atoms with Crippen LogP contribution in [-0.4, -0.2) is 64.3 Å². The maximum absolute atomic E-state index is 10.3. The monoisotopic (exact) mass is 488 g/mol. The van der Waals surface area contributed by atoms with Crippen molar-refractivity contribution in [2.45, 2.75) is 160 Å². The molecular weight excluding hydrogens is 432 g/mol. The lowest BCUT2D eigenvalue weighted by Gasteiger charge is -2.40. The molecule has 1 fully saturated rings. The van der Waals surface area contributed by atoms with Gasteiger partial charge in [-0.2, -0.15) is 0 Å². The molecule has 1 aliphatic heterocycles. The number of unbranched alkanes of at least 4 members (excludes halogenated alkanes) is 14. The van der Waals surface area contributed by atoms with Crippen molar-refractivity contribution >= 4 is 0 Å². The Balaban J connectivity index is 2.35. The lowest BCUT2D eigenvalue weighted by molar-refractivity contribution is -0.303. The highest BCUT2D eigenvalue weighted by Gasteiger charge is 2.44. The van der Waals surface area contributed by atoms with Gasteiger partial charge in [0, 0.05) is 0 Å². The van der Waals surface area contributed by atoms with E-state index in [9.17, 15) is 20.4 Å². The van der Waals surface area contributed by atoms with Crippen molar-refractivity contribution in [2.24, 2.45) is 5.92 Å². The summed E-state index contributed by atoms with van der Waals surface area (Å²) in [6.45, 7) is 4.53. The normalized spacial score (nSPS) is 26.1. The third-order valence-corrected chi connectivity index (χ3v) is 7.28. The molecule has 0 spiro atoms. The fourth-order valence-electron chi connectivity index (χ4n) is 4.88. The van der Waals surface area contributed by atoms with E-state index < -0.39 is 37.3 Å². The van der Waals surface area contributed by atoms with E-state index in [1.54, 1.807) is 0 Å².